The zero-order chi connectivity index (χ0) is 14.2. The maximum Gasteiger partial charge on any atom is 0.256 e. The third kappa shape index (κ3) is 3.04. The summed E-state index contributed by atoms with van der Waals surface area (Å²) in [5, 5.41) is -0.335. The molecule has 1 saturated heterocycles. The van der Waals surface area contributed by atoms with Crippen molar-refractivity contribution in [1.82, 2.24) is 4.90 Å². The van der Waals surface area contributed by atoms with Gasteiger partial charge in [0.2, 0.25) is 0 Å². The molecule has 1 aliphatic rings. The van der Waals surface area contributed by atoms with Crippen LogP contribution < -0.4 is 5.73 Å². The minimum atomic E-state index is -0.816. The van der Waals surface area contributed by atoms with Crippen LogP contribution in [0.1, 0.15) is 23.7 Å². The lowest BCUT2D eigenvalue weighted by Crippen LogP contribution is -2.49. The maximum atomic E-state index is 13.7. The zero-order valence-electron chi connectivity index (χ0n) is 10.5. The van der Waals surface area contributed by atoms with Crippen LogP contribution in [0.5, 0.6) is 0 Å². The molecule has 6 heteroatoms. The lowest BCUT2D eigenvalue weighted by molar-refractivity contribution is 0.0655. The van der Waals surface area contributed by atoms with E-state index in [-0.39, 0.29) is 22.5 Å². The average Bonchev–Trinajstić information content (AvgIpc) is 2.31. The molecule has 2 N–H and O–H groups in total. The molecule has 2 atom stereocenters. The highest BCUT2D eigenvalue weighted by molar-refractivity contribution is 6.30. The van der Waals surface area contributed by atoms with E-state index in [1.54, 1.807) is 0 Å². The molecule has 0 bridgehead atoms. The maximum absolute atomic E-state index is 13.7. The minimum Gasteiger partial charge on any atom is -0.337 e. The van der Waals surface area contributed by atoms with Crippen LogP contribution in [-0.4, -0.2) is 29.9 Å². The number of carbonyl (C=O) groups is 1. The highest BCUT2D eigenvalue weighted by Gasteiger charge is 2.28. The number of halogens is 3. The third-order valence-corrected chi connectivity index (χ3v) is 3.51. The van der Waals surface area contributed by atoms with Crippen molar-refractivity contribution in [3.63, 3.8) is 0 Å². The fourth-order valence-electron chi connectivity index (χ4n) is 2.42. The Hall–Kier alpha value is -1.20. The Labute approximate surface area is 115 Å². The predicted octanol–water partition coefficient (Wildman–Crippen LogP) is 2.43. The first-order valence-electron chi connectivity index (χ1n) is 6.08. The Balaban J connectivity index is 2.26. The van der Waals surface area contributed by atoms with Gasteiger partial charge in [-0.25, -0.2) is 8.78 Å². The van der Waals surface area contributed by atoms with Crippen molar-refractivity contribution in [3.8, 4) is 0 Å². The number of likely N-dealkylation sites (tertiary alicyclic amines) is 1. The summed E-state index contributed by atoms with van der Waals surface area (Å²) in [6.07, 6.45) is 0.821. The van der Waals surface area contributed by atoms with Crippen molar-refractivity contribution in [2.45, 2.75) is 19.4 Å². The van der Waals surface area contributed by atoms with Gasteiger partial charge < -0.3 is 10.6 Å². The summed E-state index contributed by atoms with van der Waals surface area (Å²) in [7, 11) is 0. The summed E-state index contributed by atoms with van der Waals surface area (Å²) >= 11 is 5.46. The molecule has 2 unspecified atom stereocenters. The van der Waals surface area contributed by atoms with Gasteiger partial charge in [-0.3, -0.25) is 4.79 Å². The van der Waals surface area contributed by atoms with Gasteiger partial charge in [-0.15, -0.1) is 0 Å². The molecule has 0 aliphatic carbocycles. The van der Waals surface area contributed by atoms with Crippen LogP contribution in [0.3, 0.4) is 0 Å². The van der Waals surface area contributed by atoms with Crippen molar-refractivity contribution in [2.75, 3.05) is 13.1 Å². The van der Waals surface area contributed by atoms with Gasteiger partial charge in [-0.2, -0.15) is 0 Å². The molecule has 1 aliphatic heterocycles. The summed E-state index contributed by atoms with van der Waals surface area (Å²) in [6.45, 7) is 2.82. The molecule has 0 radical (unpaired) electrons. The van der Waals surface area contributed by atoms with E-state index >= 15 is 0 Å². The van der Waals surface area contributed by atoms with Gasteiger partial charge in [-0.05, 0) is 24.5 Å². The number of benzene rings is 1. The topological polar surface area (TPSA) is 46.3 Å². The summed E-state index contributed by atoms with van der Waals surface area (Å²) in [4.78, 5) is 13.7. The number of rotatable bonds is 1. The summed E-state index contributed by atoms with van der Waals surface area (Å²) < 4.78 is 27.0. The number of nitrogens with zero attached hydrogens (tertiary/aromatic N) is 1. The average molecular weight is 289 g/mol. The molecule has 1 amide bonds. The Morgan fingerprint density at radius 1 is 1.37 bits per heavy atom. The number of piperidine rings is 1. The number of nitrogens with two attached hydrogens (primary N) is 1. The molecule has 1 aromatic rings. The normalized spacial score (nSPS) is 23.5. The second kappa shape index (κ2) is 5.43. The van der Waals surface area contributed by atoms with Crippen molar-refractivity contribution in [2.24, 2.45) is 11.7 Å². The largest absolute Gasteiger partial charge is 0.337 e. The molecule has 1 fully saturated rings. The number of amides is 1. The van der Waals surface area contributed by atoms with Crippen molar-refractivity contribution in [3.05, 3.63) is 34.4 Å². The van der Waals surface area contributed by atoms with Gasteiger partial charge in [0.25, 0.3) is 5.91 Å². The van der Waals surface area contributed by atoms with Crippen molar-refractivity contribution in [1.29, 1.82) is 0 Å². The predicted molar refractivity (Wildman–Crippen MR) is 69.0 cm³/mol. The van der Waals surface area contributed by atoms with Crippen LogP contribution in [0.25, 0.3) is 0 Å². The summed E-state index contributed by atoms with van der Waals surface area (Å²) in [5.41, 5.74) is 5.54. The second-order valence-corrected chi connectivity index (χ2v) is 5.46. The molecule has 0 saturated carbocycles. The Kier molecular flexibility index (Phi) is 4.06. The van der Waals surface area contributed by atoms with Gasteiger partial charge >= 0.3 is 0 Å². The van der Waals surface area contributed by atoms with E-state index in [1.807, 2.05) is 6.92 Å². The SMILES string of the molecule is CC1CC(N)CN(C(=O)c2cc(F)c(Cl)cc2F)C1. The quantitative estimate of drug-likeness (QED) is 0.807. The van der Waals surface area contributed by atoms with E-state index in [4.69, 9.17) is 17.3 Å². The van der Waals surface area contributed by atoms with Gasteiger partial charge in [0, 0.05) is 19.1 Å². The zero-order valence-corrected chi connectivity index (χ0v) is 11.3. The molecular formula is C13H15ClF2N2O. The van der Waals surface area contributed by atoms with E-state index in [2.05, 4.69) is 0 Å². The first kappa shape index (κ1) is 14.2. The van der Waals surface area contributed by atoms with Gasteiger partial charge in [-0.1, -0.05) is 18.5 Å². The Bertz CT molecular complexity index is 500. The lowest BCUT2D eigenvalue weighted by atomic mass is 9.96. The van der Waals surface area contributed by atoms with Crippen LogP contribution in [0.4, 0.5) is 8.78 Å². The number of carbonyl (C=O) groups excluding carboxylic acids is 1. The molecule has 0 aromatic heterocycles. The van der Waals surface area contributed by atoms with E-state index in [9.17, 15) is 13.6 Å². The number of hydrogen-bond donors (Lipinski definition) is 1. The lowest BCUT2D eigenvalue weighted by Gasteiger charge is -2.34. The molecular weight excluding hydrogens is 274 g/mol. The summed E-state index contributed by atoms with van der Waals surface area (Å²) in [6, 6.07) is 1.52. The fourth-order valence-corrected chi connectivity index (χ4v) is 2.57. The van der Waals surface area contributed by atoms with Crippen LogP contribution in [0.15, 0.2) is 12.1 Å². The molecule has 3 nitrogen and oxygen atoms in total. The smallest absolute Gasteiger partial charge is 0.256 e. The van der Waals surface area contributed by atoms with E-state index in [1.165, 1.54) is 4.90 Å². The van der Waals surface area contributed by atoms with Crippen LogP contribution in [0, 0.1) is 17.6 Å². The minimum absolute atomic E-state index is 0.132. The van der Waals surface area contributed by atoms with Gasteiger partial charge in [0.15, 0.2) is 0 Å². The summed E-state index contributed by atoms with van der Waals surface area (Å²) in [5.74, 6) is -1.92. The fraction of sp³-hybridized carbons (Fsp3) is 0.462. The van der Waals surface area contributed by atoms with Crippen LogP contribution in [0.2, 0.25) is 5.02 Å². The van der Waals surface area contributed by atoms with Crippen LogP contribution >= 0.6 is 11.6 Å². The highest BCUT2D eigenvalue weighted by Crippen LogP contribution is 2.23. The molecule has 0 spiro atoms. The molecule has 19 heavy (non-hydrogen) atoms. The molecule has 1 heterocycles. The van der Waals surface area contributed by atoms with E-state index < -0.39 is 17.5 Å². The van der Waals surface area contributed by atoms with Crippen molar-refractivity contribution < 1.29 is 13.6 Å². The molecule has 2 rings (SSSR count). The highest BCUT2D eigenvalue weighted by atomic mass is 35.5. The standard InChI is InChI=1S/C13H15ClF2N2O/c1-7-2-8(17)6-18(5-7)13(19)9-3-12(16)10(14)4-11(9)15/h3-4,7-8H,2,5-6,17H2,1H3. The number of hydrogen-bond acceptors (Lipinski definition) is 2. The first-order valence-corrected chi connectivity index (χ1v) is 6.45. The van der Waals surface area contributed by atoms with E-state index in [0.29, 0.717) is 13.1 Å². The third-order valence-electron chi connectivity index (χ3n) is 3.22. The second-order valence-electron chi connectivity index (χ2n) is 5.06. The van der Waals surface area contributed by atoms with Gasteiger partial charge in [0.1, 0.15) is 11.6 Å². The molecule has 1 aromatic carbocycles. The Morgan fingerprint density at radius 2 is 2.05 bits per heavy atom. The van der Waals surface area contributed by atoms with E-state index in [0.717, 1.165) is 18.6 Å². The van der Waals surface area contributed by atoms with Crippen molar-refractivity contribution >= 4 is 17.5 Å². The Morgan fingerprint density at radius 3 is 2.68 bits per heavy atom. The van der Waals surface area contributed by atoms with Gasteiger partial charge in [0.05, 0.1) is 10.6 Å². The molecule has 104 valence electrons. The monoisotopic (exact) mass is 288 g/mol. The first-order chi connectivity index (χ1) is 8.88. The van der Waals surface area contributed by atoms with Crippen LogP contribution in [-0.2, 0) is 0 Å².